The second kappa shape index (κ2) is 77.5. The van der Waals surface area contributed by atoms with E-state index >= 15 is 0 Å². The van der Waals surface area contributed by atoms with Crippen LogP contribution in [0.4, 0.5) is 0 Å². The molecule has 5 atom stereocenters. The van der Waals surface area contributed by atoms with Gasteiger partial charge in [-0.1, -0.05) is 291 Å². The maximum absolute atomic E-state index is 12.9. The Morgan fingerprint density at radius 1 is 0.267 bits per heavy atom. The van der Waals surface area contributed by atoms with Gasteiger partial charge in [-0.15, -0.1) is 0 Å². The standard InChI is InChI=1S/C87H136O16P2/c1-4-7-10-13-16-19-22-25-28-31-34-36-37-38-39-40-41-42-43-45-48-49-52-55-58-61-64-67-70-73-85(90)97-76-82(88)77-99-104(93,94)100-78-83(89)79-101-105(95,96)102-81-84(103-87(92)75-72-69-66-63-60-57-54-51-46-33-30-27-24-21-18-15-12-9-6-3)80-98-86(91)74-71-68-65-62-59-56-53-50-47-44-35-32-29-26-23-20-17-14-11-8-5-2/h7-12,16-21,25-30,34-36,38-39,41-42,44,46,50-51,53,57,59-60,62,66,69,82-84,88-89H,4-6,13-15,22-24,31-33,37,40,43,45,47-49,52,54-56,58,61,63-65,67-68,70-81H2,1-3H3,(H,93,94)(H,95,96)/b10-7-,11-8-,12-9-,19-16-,20-17-,21-18-,28-25-,29-26-,30-27-,36-34-,39-38-,42-41-,44-35-,51-46-,53-50-,60-57-,62-59-,69-66-. The summed E-state index contributed by atoms with van der Waals surface area (Å²) in [6.07, 6.45) is 104. The Balaban J connectivity index is 4.72. The van der Waals surface area contributed by atoms with E-state index in [2.05, 4.69) is 221 Å². The van der Waals surface area contributed by atoms with Crippen molar-refractivity contribution < 1.29 is 75.8 Å². The highest BCUT2D eigenvalue weighted by Crippen LogP contribution is 2.45. The fraction of sp³-hybridized carbons (Fsp3) is 0.552. The summed E-state index contributed by atoms with van der Waals surface area (Å²) in [5, 5.41) is 20.6. The second-order valence-electron chi connectivity index (χ2n) is 25.0. The van der Waals surface area contributed by atoms with Gasteiger partial charge in [0.05, 0.1) is 26.4 Å². The van der Waals surface area contributed by atoms with Gasteiger partial charge < -0.3 is 34.2 Å². The first kappa shape index (κ1) is 98.9. The first-order valence-corrected chi connectivity index (χ1v) is 42.0. The van der Waals surface area contributed by atoms with Crippen LogP contribution in [0.5, 0.6) is 0 Å². The van der Waals surface area contributed by atoms with Gasteiger partial charge in [-0.3, -0.25) is 32.5 Å². The molecule has 105 heavy (non-hydrogen) atoms. The monoisotopic (exact) mass is 1500 g/mol. The Labute approximate surface area is 634 Å². The molecule has 0 rings (SSSR count). The van der Waals surface area contributed by atoms with Crippen molar-refractivity contribution in [2.24, 2.45) is 0 Å². The van der Waals surface area contributed by atoms with Crippen LogP contribution in [0.15, 0.2) is 219 Å². The van der Waals surface area contributed by atoms with E-state index in [1.807, 2.05) is 18.2 Å². The quantitative estimate of drug-likeness (QED) is 0.0146. The SMILES string of the molecule is CC/C=C\C/C=C\C/C=C\C/C=C\C/C=C\C/C=C\CCCCCCCCCCCCC(=O)OCC(O)COP(=O)(O)OCC(O)COP(=O)(O)OCC(COC(=O)CCCC/C=C\C/C=C\C/C=C\C/C=C\C/C=C\C/C=C\CC)OC(=O)CC/C=C\C/C=C\C/C=C\C/C=C\C/C=C\C/C=C\CC. The topological polar surface area (TPSA) is 231 Å². The Morgan fingerprint density at radius 2 is 0.495 bits per heavy atom. The van der Waals surface area contributed by atoms with Crippen LogP contribution in [0.25, 0.3) is 0 Å². The van der Waals surface area contributed by atoms with Crippen molar-refractivity contribution in [3.05, 3.63) is 219 Å². The van der Waals surface area contributed by atoms with Crippen LogP contribution in [0.1, 0.15) is 252 Å². The number of hydrogen-bond acceptors (Lipinski definition) is 14. The normalized spacial score (nSPS) is 15.2. The molecule has 0 saturated carbocycles. The highest BCUT2D eigenvalue weighted by Gasteiger charge is 2.29. The van der Waals surface area contributed by atoms with Gasteiger partial charge >= 0.3 is 33.6 Å². The van der Waals surface area contributed by atoms with Gasteiger partial charge in [-0.25, -0.2) is 9.13 Å². The molecule has 5 unspecified atom stereocenters. The zero-order valence-electron chi connectivity index (χ0n) is 64.3. The molecule has 16 nitrogen and oxygen atoms in total. The smallest absolute Gasteiger partial charge is 0.463 e. The number of unbranched alkanes of at least 4 members (excludes halogenated alkanes) is 12. The molecule has 18 heteroatoms. The molecule has 590 valence electrons. The predicted octanol–water partition coefficient (Wildman–Crippen LogP) is 23.1. The van der Waals surface area contributed by atoms with Crippen molar-refractivity contribution in [3.63, 3.8) is 0 Å². The summed E-state index contributed by atoms with van der Waals surface area (Å²) in [5.74, 6) is -1.75. The number of allylic oxidation sites excluding steroid dienone is 36. The van der Waals surface area contributed by atoms with E-state index < -0.39 is 91.5 Å². The zero-order valence-corrected chi connectivity index (χ0v) is 66.1. The molecule has 0 aromatic heterocycles. The molecule has 0 aromatic carbocycles. The molecule has 0 bridgehead atoms. The summed E-state index contributed by atoms with van der Waals surface area (Å²) in [5.41, 5.74) is 0. The number of hydrogen-bond donors (Lipinski definition) is 4. The Kier molecular flexibility index (Phi) is 73.0. The lowest BCUT2D eigenvalue weighted by Gasteiger charge is -2.21. The summed E-state index contributed by atoms with van der Waals surface area (Å²) in [7, 11) is -9.85. The van der Waals surface area contributed by atoms with E-state index in [-0.39, 0.29) is 19.3 Å². The van der Waals surface area contributed by atoms with Crippen molar-refractivity contribution >= 4 is 33.6 Å². The number of esters is 3. The van der Waals surface area contributed by atoms with Gasteiger partial charge in [0, 0.05) is 19.3 Å². The van der Waals surface area contributed by atoms with Crippen LogP contribution in [-0.2, 0) is 55.8 Å². The number of phosphoric acid groups is 2. The Hall–Kier alpha value is -6.13. The minimum atomic E-state index is -4.97. The van der Waals surface area contributed by atoms with Gasteiger partial charge in [0.25, 0.3) is 0 Å². The summed E-state index contributed by atoms with van der Waals surface area (Å²) in [4.78, 5) is 58.6. The molecule has 0 aliphatic heterocycles. The van der Waals surface area contributed by atoms with E-state index in [1.54, 1.807) is 0 Å². The third kappa shape index (κ3) is 78.8. The largest absolute Gasteiger partial charge is 0.472 e. The van der Waals surface area contributed by atoms with Crippen molar-refractivity contribution in [1.29, 1.82) is 0 Å². The van der Waals surface area contributed by atoms with Crippen molar-refractivity contribution in [3.8, 4) is 0 Å². The Bertz CT molecular complexity index is 2790. The summed E-state index contributed by atoms with van der Waals surface area (Å²) >= 11 is 0. The van der Waals surface area contributed by atoms with E-state index in [4.69, 9.17) is 32.3 Å². The summed E-state index contributed by atoms with van der Waals surface area (Å²) < 4.78 is 61.0. The van der Waals surface area contributed by atoms with Crippen LogP contribution < -0.4 is 0 Å². The minimum Gasteiger partial charge on any atom is -0.463 e. The third-order valence-corrected chi connectivity index (χ3v) is 17.1. The van der Waals surface area contributed by atoms with Gasteiger partial charge in [0.2, 0.25) is 0 Å². The molecular formula is C87H136O16P2. The number of aliphatic hydroxyl groups excluding tert-OH is 2. The lowest BCUT2D eigenvalue weighted by molar-refractivity contribution is -0.161. The molecule has 0 spiro atoms. The molecular weight excluding hydrogens is 1360 g/mol. The predicted molar refractivity (Wildman–Crippen MR) is 435 cm³/mol. The van der Waals surface area contributed by atoms with E-state index in [0.29, 0.717) is 25.7 Å². The number of aliphatic hydroxyl groups is 2. The summed E-state index contributed by atoms with van der Waals surface area (Å²) in [6, 6.07) is 0. The van der Waals surface area contributed by atoms with Crippen molar-refractivity contribution in [1.82, 2.24) is 0 Å². The average molecular weight is 1500 g/mol. The molecule has 0 amide bonds. The van der Waals surface area contributed by atoms with Gasteiger partial charge in [-0.2, -0.15) is 0 Å². The number of carbonyl (C=O) groups excluding carboxylic acids is 3. The maximum atomic E-state index is 12.9. The second-order valence-corrected chi connectivity index (χ2v) is 27.9. The zero-order chi connectivity index (χ0) is 76.6. The Morgan fingerprint density at radius 3 is 0.810 bits per heavy atom. The molecule has 0 heterocycles. The van der Waals surface area contributed by atoms with Gasteiger partial charge in [0.15, 0.2) is 6.10 Å². The number of ether oxygens (including phenoxy) is 3. The van der Waals surface area contributed by atoms with E-state index in [9.17, 15) is 43.5 Å². The average Bonchev–Trinajstić information content (AvgIpc) is 0.911. The first-order chi connectivity index (χ1) is 51.2. The van der Waals surface area contributed by atoms with Crippen LogP contribution in [0, 0.1) is 0 Å². The fourth-order valence-corrected chi connectivity index (χ4v) is 11.0. The van der Waals surface area contributed by atoms with Crippen LogP contribution in [0.3, 0.4) is 0 Å². The molecule has 0 aliphatic carbocycles. The molecule has 0 fully saturated rings. The van der Waals surface area contributed by atoms with E-state index in [0.717, 1.165) is 154 Å². The minimum absolute atomic E-state index is 0.0403. The maximum Gasteiger partial charge on any atom is 0.472 e. The van der Waals surface area contributed by atoms with Crippen LogP contribution in [-0.4, -0.2) is 95.9 Å². The fourth-order valence-electron chi connectivity index (χ4n) is 9.37. The molecule has 0 aliphatic rings. The van der Waals surface area contributed by atoms with Crippen molar-refractivity contribution in [2.45, 2.75) is 270 Å². The number of carbonyl (C=O) groups is 3. The van der Waals surface area contributed by atoms with Gasteiger partial charge in [0.1, 0.15) is 25.4 Å². The third-order valence-electron chi connectivity index (χ3n) is 15.2. The van der Waals surface area contributed by atoms with Crippen LogP contribution in [0.2, 0.25) is 0 Å². The van der Waals surface area contributed by atoms with Crippen molar-refractivity contribution in [2.75, 3.05) is 39.6 Å². The lowest BCUT2D eigenvalue weighted by Crippen LogP contribution is -2.29. The van der Waals surface area contributed by atoms with Gasteiger partial charge in [-0.05, 0) is 161 Å². The molecule has 0 aromatic rings. The van der Waals surface area contributed by atoms with E-state index in [1.165, 1.54) is 32.1 Å². The van der Waals surface area contributed by atoms with Crippen LogP contribution >= 0.6 is 15.6 Å². The lowest BCUT2D eigenvalue weighted by atomic mass is 10.1. The first-order valence-electron chi connectivity index (χ1n) is 39.0. The number of rotatable bonds is 71. The highest BCUT2D eigenvalue weighted by molar-refractivity contribution is 7.47. The molecule has 0 saturated heterocycles. The highest BCUT2D eigenvalue weighted by atomic mass is 31.2. The summed E-state index contributed by atoms with van der Waals surface area (Å²) in [6.45, 7) is 2.15. The molecule has 0 radical (unpaired) electrons. The molecule has 4 N–H and O–H groups in total. The number of phosphoric ester groups is 2.